The Labute approximate surface area is 155 Å². The van der Waals surface area contributed by atoms with Gasteiger partial charge in [-0.05, 0) is 37.9 Å². The molecule has 138 valence electrons. The fraction of sp³-hybridized carbons (Fsp3) is 0.500. The predicted molar refractivity (Wildman–Crippen MR) is 105 cm³/mol. The molecule has 1 aromatic heterocycles. The van der Waals surface area contributed by atoms with E-state index in [1.54, 1.807) is 0 Å². The van der Waals surface area contributed by atoms with Crippen molar-refractivity contribution in [2.24, 2.45) is 0 Å². The minimum absolute atomic E-state index is 0.380. The van der Waals surface area contributed by atoms with Gasteiger partial charge in [-0.3, -0.25) is 4.90 Å². The fourth-order valence-electron chi connectivity index (χ4n) is 4.04. The third kappa shape index (κ3) is 4.14. The minimum atomic E-state index is 0.380. The highest BCUT2D eigenvalue weighted by atomic mass is 15.2. The number of fused-ring (bicyclic) bond motifs is 1. The van der Waals surface area contributed by atoms with Gasteiger partial charge < -0.3 is 16.4 Å². The number of nitrogens with two attached hydrogens (primary N) is 1. The Hall–Kier alpha value is -2.18. The lowest BCUT2D eigenvalue weighted by atomic mass is 10.0. The lowest BCUT2D eigenvalue weighted by Crippen LogP contribution is -2.42. The van der Waals surface area contributed by atoms with E-state index in [1.165, 1.54) is 24.0 Å². The molecule has 4 rings (SSSR count). The van der Waals surface area contributed by atoms with Gasteiger partial charge in [0.15, 0.2) is 0 Å². The average Bonchev–Trinajstić information content (AvgIpc) is 2.88. The van der Waals surface area contributed by atoms with E-state index in [1.807, 2.05) is 0 Å². The van der Waals surface area contributed by atoms with E-state index in [0.29, 0.717) is 12.0 Å². The van der Waals surface area contributed by atoms with Gasteiger partial charge in [0, 0.05) is 37.7 Å². The number of hydrogen-bond acceptors (Lipinski definition) is 6. The average molecular weight is 352 g/mol. The molecule has 1 atom stereocenters. The van der Waals surface area contributed by atoms with Gasteiger partial charge in [-0.15, -0.1) is 0 Å². The molecule has 2 aliphatic heterocycles. The van der Waals surface area contributed by atoms with Gasteiger partial charge in [-0.25, -0.2) is 4.98 Å². The van der Waals surface area contributed by atoms with Crippen LogP contribution < -0.4 is 16.4 Å². The molecule has 2 aromatic rings. The van der Waals surface area contributed by atoms with Crippen LogP contribution in [-0.2, 0) is 19.4 Å². The second-order valence-electron chi connectivity index (χ2n) is 7.31. The third-order valence-corrected chi connectivity index (χ3v) is 5.30. The lowest BCUT2D eigenvalue weighted by Gasteiger charge is -2.34. The smallest absolute Gasteiger partial charge is 0.222 e. The summed E-state index contributed by atoms with van der Waals surface area (Å²) in [7, 11) is 0. The number of nitrogens with one attached hydrogen (secondary N) is 2. The molecule has 0 aliphatic carbocycles. The van der Waals surface area contributed by atoms with Crippen molar-refractivity contribution in [1.82, 2.24) is 20.2 Å². The minimum Gasteiger partial charge on any atom is -0.368 e. The molecular formula is C20H28N6. The molecule has 0 bridgehead atoms. The van der Waals surface area contributed by atoms with E-state index in [4.69, 9.17) is 5.73 Å². The summed E-state index contributed by atoms with van der Waals surface area (Å²) >= 11 is 0. The molecular weight excluding hydrogens is 324 g/mol. The summed E-state index contributed by atoms with van der Waals surface area (Å²) in [5.74, 6) is 1.33. The van der Waals surface area contributed by atoms with E-state index in [9.17, 15) is 0 Å². The Balaban J connectivity index is 1.46. The second kappa shape index (κ2) is 8.01. The molecule has 0 amide bonds. The monoisotopic (exact) mass is 352 g/mol. The van der Waals surface area contributed by atoms with Crippen LogP contribution in [0, 0.1) is 0 Å². The summed E-state index contributed by atoms with van der Waals surface area (Å²) in [6.45, 7) is 5.12. The largest absolute Gasteiger partial charge is 0.368 e. The quantitative estimate of drug-likeness (QED) is 0.779. The first kappa shape index (κ1) is 17.2. The molecule has 3 heterocycles. The fourth-order valence-corrected chi connectivity index (χ4v) is 4.04. The number of hydrogen-bond donors (Lipinski definition) is 3. The van der Waals surface area contributed by atoms with Gasteiger partial charge in [-0.2, -0.15) is 4.98 Å². The molecule has 1 saturated heterocycles. The summed E-state index contributed by atoms with van der Waals surface area (Å²) in [4.78, 5) is 11.5. The zero-order chi connectivity index (χ0) is 17.8. The summed E-state index contributed by atoms with van der Waals surface area (Å²) in [5.41, 5.74) is 9.69. The van der Waals surface area contributed by atoms with Crippen LogP contribution in [0.4, 0.5) is 11.8 Å². The highest BCUT2D eigenvalue weighted by molar-refractivity contribution is 5.51. The molecule has 6 nitrogen and oxygen atoms in total. The second-order valence-corrected chi connectivity index (χ2v) is 7.31. The first-order valence-corrected chi connectivity index (χ1v) is 9.67. The van der Waals surface area contributed by atoms with Crippen molar-refractivity contribution in [1.29, 1.82) is 0 Å². The van der Waals surface area contributed by atoms with Crippen molar-refractivity contribution in [2.45, 2.75) is 38.3 Å². The van der Waals surface area contributed by atoms with E-state index in [-0.39, 0.29) is 0 Å². The number of benzene rings is 1. The van der Waals surface area contributed by atoms with Crippen LogP contribution in [0.15, 0.2) is 30.3 Å². The normalized spacial score (nSPS) is 21.0. The van der Waals surface area contributed by atoms with E-state index in [2.05, 4.69) is 55.8 Å². The molecule has 6 heteroatoms. The zero-order valence-corrected chi connectivity index (χ0v) is 15.2. The third-order valence-electron chi connectivity index (χ3n) is 5.30. The van der Waals surface area contributed by atoms with Gasteiger partial charge >= 0.3 is 0 Å². The van der Waals surface area contributed by atoms with Gasteiger partial charge in [0.2, 0.25) is 5.95 Å². The predicted octanol–water partition coefficient (Wildman–Crippen LogP) is 1.82. The van der Waals surface area contributed by atoms with Crippen LogP contribution >= 0.6 is 0 Å². The standard InChI is InChI=1S/C20H28N6/c21-20-24-18-9-11-22-10-8-17(18)19(25-20)23-16-7-4-12-26(14-16)13-15-5-2-1-3-6-15/h1-3,5-6,16,22H,4,7-14H2,(H3,21,23,24,25)/t16-/m0/s1. The van der Waals surface area contributed by atoms with Gasteiger partial charge in [0.1, 0.15) is 5.82 Å². The number of likely N-dealkylation sites (tertiary alicyclic amines) is 1. The molecule has 0 saturated carbocycles. The van der Waals surface area contributed by atoms with E-state index < -0.39 is 0 Å². The number of piperidine rings is 1. The van der Waals surface area contributed by atoms with Crippen LogP contribution in [-0.4, -0.2) is 47.1 Å². The Morgan fingerprint density at radius 2 is 2.00 bits per heavy atom. The summed E-state index contributed by atoms with van der Waals surface area (Å²) in [6.07, 6.45) is 4.25. The molecule has 4 N–H and O–H groups in total. The summed E-state index contributed by atoms with van der Waals surface area (Å²) in [5, 5.41) is 7.13. The SMILES string of the molecule is Nc1nc2c(c(N[C@H]3CCCN(Cc4ccccc4)C3)n1)CCNCC2. The molecule has 0 radical (unpaired) electrons. The first-order valence-electron chi connectivity index (χ1n) is 9.67. The Kier molecular flexibility index (Phi) is 5.32. The van der Waals surface area contributed by atoms with Crippen molar-refractivity contribution >= 4 is 11.8 Å². The van der Waals surface area contributed by atoms with E-state index in [0.717, 1.165) is 57.1 Å². The van der Waals surface area contributed by atoms with Crippen molar-refractivity contribution in [3.8, 4) is 0 Å². The van der Waals surface area contributed by atoms with Gasteiger partial charge in [-0.1, -0.05) is 30.3 Å². The van der Waals surface area contributed by atoms with Crippen molar-refractivity contribution < 1.29 is 0 Å². The Morgan fingerprint density at radius 1 is 1.15 bits per heavy atom. The Bertz CT molecular complexity index is 733. The number of aromatic nitrogens is 2. The Morgan fingerprint density at radius 3 is 2.88 bits per heavy atom. The van der Waals surface area contributed by atoms with Crippen LogP contribution in [0.3, 0.4) is 0 Å². The summed E-state index contributed by atoms with van der Waals surface area (Å²) < 4.78 is 0. The first-order chi connectivity index (χ1) is 12.8. The number of nitrogen functional groups attached to an aromatic ring is 1. The molecule has 26 heavy (non-hydrogen) atoms. The van der Waals surface area contributed by atoms with Crippen molar-refractivity contribution in [3.63, 3.8) is 0 Å². The van der Waals surface area contributed by atoms with Crippen molar-refractivity contribution in [3.05, 3.63) is 47.2 Å². The number of nitrogens with zero attached hydrogens (tertiary/aromatic N) is 3. The molecule has 0 unspecified atom stereocenters. The van der Waals surface area contributed by atoms with Gasteiger partial charge in [0.25, 0.3) is 0 Å². The van der Waals surface area contributed by atoms with Crippen LogP contribution in [0.5, 0.6) is 0 Å². The zero-order valence-electron chi connectivity index (χ0n) is 15.2. The number of anilines is 2. The highest BCUT2D eigenvalue weighted by Crippen LogP contribution is 2.23. The van der Waals surface area contributed by atoms with Gasteiger partial charge in [0.05, 0.1) is 5.69 Å². The van der Waals surface area contributed by atoms with Crippen LogP contribution in [0.1, 0.15) is 29.7 Å². The lowest BCUT2D eigenvalue weighted by molar-refractivity contribution is 0.208. The topological polar surface area (TPSA) is 79.1 Å². The summed E-state index contributed by atoms with van der Waals surface area (Å²) in [6, 6.07) is 11.1. The molecule has 1 fully saturated rings. The maximum absolute atomic E-state index is 5.98. The van der Waals surface area contributed by atoms with E-state index >= 15 is 0 Å². The van der Waals surface area contributed by atoms with Crippen LogP contribution in [0.25, 0.3) is 0 Å². The maximum Gasteiger partial charge on any atom is 0.222 e. The maximum atomic E-state index is 5.98. The highest BCUT2D eigenvalue weighted by Gasteiger charge is 2.23. The van der Waals surface area contributed by atoms with Crippen LogP contribution in [0.2, 0.25) is 0 Å². The molecule has 2 aliphatic rings. The number of rotatable bonds is 4. The molecule has 1 aromatic carbocycles. The molecule has 0 spiro atoms. The van der Waals surface area contributed by atoms with Crippen molar-refractivity contribution in [2.75, 3.05) is 37.2 Å².